The lowest BCUT2D eigenvalue weighted by molar-refractivity contribution is 0.673. The molecular formula is C50H30O. The summed E-state index contributed by atoms with van der Waals surface area (Å²) in [4.78, 5) is 0. The summed E-state index contributed by atoms with van der Waals surface area (Å²) in [5, 5.41) is 14.7. The molecule has 236 valence electrons. The van der Waals surface area contributed by atoms with Crippen LogP contribution in [0.25, 0.3) is 109 Å². The predicted molar refractivity (Wildman–Crippen MR) is 218 cm³/mol. The van der Waals surface area contributed by atoms with Gasteiger partial charge in [-0.15, -0.1) is 0 Å². The van der Waals surface area contributed by atoms with E-state index in [9.17, 15) is 0 Å². The average molecular weight is 647 g/mol. The SMILES string of the molecule is c1ccc(-c2cccc(-c3c4ccccc4c(-c4ccc5c(c4)c4ccccc4c4c5ccc5c6ccccc6oc54)c4ccccc34)c2)cc1. The fraction of sp³-hybridized carbons (Fsp3) is 0. The molecule has 0 atom stereocenters. The monoisotopic (exact) mass is 646 g/mol. The molecule has 0 radical (unpaired) electrons. The Morgan fingerprint density at radius 2 is 0.725 bits per heavy atom. The van der Waals surface area contributed by atoms with Gasteiger partial charge < -0.3 is 4.42 Å². The molecule has 0 saturated carbocycles. The maximum atomic E-state index is 6.59. The fourth-order valence-corrected chi connectivity index (χ4v) is 8.61. The van der Waals surface area contributed by atoms with Crippen molar-refractivity contribution >= 4 is 75.8 Å². The third kappa shape index (κ3) is 4.16. The molecule has 0 fully saturated rings. The number of fused-ring (bicyclic) bond motifs is 12. The van der Waals surface area contributed by atoms with Gasteiger partial charge in [0.15, 0.2) is 0 Å². The maximum Gasteiger partial charge on any atom is 0.143 e. The molecule has 0 N–H and O–H groups in total. The lowest BCUT2D eigenvalue weighted by atomic mass is 9.84. The van der Waals surface area contributed by atoms with Crippen LogP contribution in [0.15, 0.2) is 186 Å². The van der Waals surface area contributed by atoms with E-state index in [1.165, 1.54) is 87.2 Å². The van der Waals surface area contributed by atoms with Crippen molar-refractivity contribution in [1.82, 2.24) is 0 Å². The van der Waals surface area contributed by atoms with E-state index in [1.807, 2.05) is 6.07 Å². The van der Waals surface area contributed by atoms with Gasteiger partial charge in [-0.1, -0.05) is 158 Å². The molecule has 1 nitrogen and oxygen atoms in total. The van der Waals surface area contributed by atoms with Gasteiger partial charge in [0.05, 0.1) is 0 Å². The summed E-state index contributed by atoms with van der Waals surface area (Å²) in [6.07, 6.45) is 0. The third-order valence-electron chi connectivity index (χ3n) is 10.8. The summed E-state index contributed by atoms with van der Waals surface area (Å²) in [6.45, 7) is 0. The number of hydrogen-bond donors (Lipinski definition) is 0. The van der Waals surface area contributed by atoms with Gasteiger partial charge in [-0.3, -0.25) is 0 Å². The minimum absolute atomic E-state index is 0.925. The fourth-order valence-electron chi connectivity index (χ4n) is 8.61. The minimum Gasteiger partial charge on any atom is -0.455 e. The van der Waals surface area contributed by atoms with Crippen LogP contribution in [0.1, 0.15) is 0 Å². The van der Waals surface area contributed by atoms with Crippen LogP contribution in [-0.2, 0) is 0 Å². The number of furan rings is 1. The summed E-state index contributed by atoms with van der Waals surface area (Å²) in [6, 6.07) is 66.3. The molecule has 10 aromatic carbocycles. The van der Waals surface area contributed by atoms with Crippen molar-refractivity contribution in [1.29, 1.82) is 0 Å². The molecule has 0 unspecified atom stereocenters. The molecule has 0 aliphatic carbocycles. The summed E-state index contributed by atoms with van der Waals surface area (Å²) < 4.78 is 6.59. The first kappa shape index (κ1) is 28.2. The molecule has 0 bridgehead atoms. The van der Waals surface area contributed by atoms with Crippen molar-refractivity contribution in [3.8, 4) is 33.4 Å². The molecule has 1 heteroatoms. The van der Waals surface area contributed by atoms with Gasteiger partial charge in [0.1, 0.15) is 11.2 Å². The van der Waals surface area contributed by atoms with Crippen molar-refractivity contribution in [3.63, 3.8) is 0 Å². The molecule has 51 heavy (non-hydrogen) atoms. The van der Waals surface area contributed by atoms with Gasteiger partial charge in [-0.2, -0.15) is 0 Å². The highest BCUT2D eigenvalue weighted by molar-refractivity contribution is 6.33. The highest BCUT2D eigenvalue weighted by Crippen LogP contribution is 2.47. The topological polar surface area (TPSA) is 13.1 Å². The predicted octanol–water partition coefficient (Wildman–Crippen LogP) is 14.4. The Kier molecular flexibility index (Phi) is 6.02. The largest absolute Gasteiger partial charge is 0.455 e. The zero-order chi connectivity index (χ0) is 33.5. The third-order valence-corrected chi connectivity index (χ3v) is 10.8. The number of hydrogen-bond acceptors (Lipinski definition) is 1. The summed E-state index contributed by atoms with van der Waals surface area (Å²) in [5.41, 5.74) is 9.31. The molecule has 0 aliphatic heterocycles. The summed E-state index contributed by atoms with van der Waals surface area (Å²) in [7, 11) is 0. The van der Waals surface area contributed by atoms with Gasteiger partial charge in [0.25, 0.3) is 0 Å². The van der Waals surface area contributed by atoms with Crippen molar-refractivity contribution in [2.24, 2.45) is 0 Å². The first-order valence-electron chi connectivity index (χ1n) is 17.6. The van der Waals surface area contributed by atoms with Crippen molar-refractivity contribution in [2.45, 2.75) is 0 Å². The van der Waals surface area contributed by atoms with Gasteiger partial charge in [0, 0.05) is 16.2 Å². The highest BCUT2D eigenvalue weighted by atomic mass is 16.3. The Labute approximate surface area is 294 Å². The second-order valence-electron chi connectivity index (χ2n) is 13.6. The van der Waals surface area contributed by atoms with E-state index in [0.29, 0.717) is 0 Å². The van der Waals surface area contributed by atoms with Gasteiger partial charge in [-0.25, -0.2) is 0 Å². The van der Waals surface area contributed by atoms with Crippen LogP contribution in [0.2, 0.25) is 0 Å². The highest BCUT2D eigenvalue weighted by Gasteiger charge is 2.20. The van der Waals surface area contributed by atoms with Crippen LogP contribution in [-0.4, -0.2) is 0 Å². The van der Waals surface area contributed by atoms with Crippen molar-refractivity contribution in [3.05, 3.63) is 182 Å². The van der Waals surface area contributed by atoms with Crippen LogP contribution >= 0.6 is 0 Å². The zero-order valence-corrected chi connectivity index (χ0v) is 27.7. The van der Waals surface area contributed by atoms with Crippen molar-refractivity contribution in [2.75, 3.05) is 0 Å². The van der Waals surface area contributed by atoms with E-state index in [0.717, 1.165) is 21.9 Å². The van der Waals surface area contributed by atoms with Crippen LogP contribution < -0.4 is 0 Å². The Bertz CT molecular complexity index is 3110. The van der Waals surface area contributed by atoms with Gasteiger partial charge in [0.2, 0.25) is 0 Å². The van der Waals surface area contributed by atoms with E-state index in [4.69, 9.17) is 4.42 Å². The van der Waals surface area contributed by atoms with E-state index in [-0.39, 0.29) is 0 Å². The smallest absolute Gasteiger partial charge is 0.143 e. The van der Waals surface area contributed by atoms with E-state index < -0.39 is 0 Å². The number of para-hydroxylation sites is 1. The molecular weight excluding hydrogens is 617 g/mol. The van der Waals surface area contributed by atoms with Crippen molar-refractivity contribution < 1.29 is 4.42 Å². The van der Waals surface area contributed by atoms with Gasteiger partial charge in [-0.05, 0) is 106 Å². The molecule has 1 aromatic heterocycles. The van der Waals surface area contributed by atoms with Crippen LogP contribution in [0.4, 0.5) is 0 Å². The Morgan fingerprint density at radius 1 is 0.255 bits per heavy atom. The molecule has 1 heterocycles. The molecule has 0 spiro atoms. The number of benzene rings is 10. The van der Waals surface area contributed by atoms with Crippen LogP contribution in [0.3, 0.4) is 0 Å². The lowest BCUT2D eigenvalue weighted by Gasteiger charge is -2.19. The summed E-state index contributed by atoms with van der Waals surface area (Å²) in [5.74, 6) is 0. The normalized spacial score (nSPS) is 11.9. The number of rotatable bonds is 3. The molecule has 0 aliphatic rings. The molecule has 11 aromatic rings. The van der Waals surface area contributed by atoms with E-state index >= 15 is 0 Å². The van der Waals surface area contributed by atoms with E-state index in [2.05, 4.69) is 176 Å². The summed E-state index contributed by atoms with van der Waals surface area (Å²) >= 11 is 0. The van der Waals surface area contributed by atoms with Gasteiger partial charge >= 0.3 is 0 Å². The maximum absolute atomic E-state index is 6.59. The standard InChI is InChI=1S/C50H30O/c1-2-13-31(14-3-1)32-15-12-16-33(29-32)47-39-20-6-8-22-41(39)48(42-23-9-7-21-40(42)47)34-25-26-36-43-27-28-44-37-18-10-11-24-46(37)51-50(44)49(43)38-19-5-4-17-35(38)45(36)30-34/h1-30H. The first-order valence-corrected chi connectivity index (χ1v) is 17.6. The molecule has 11 rings (SSSR count). The first-order chi connectivity index (χ1) is 25.3. The second-order valence-corrected chi connectivity index (χ2v) is 13.6. The van der Waals surface area contributed by atoms with E-state index in [1.54, 1.807) is 0 Å². The van der Waals surface area contributed by atoms with Crippen LogP contribution in [0, 0.1) is 0 Å². The lowest BCUT2D eigenvalue weighted by Crippen LogP contribution is -1.92. The van der Waals surface area contributed by atoms with Crippen LogP contribution in [0.5, 0.6) is 0 Å². The Balaban J connectivity index is 1.20. The Morgan fingerprint density at radius 3 is 1.43 bits per heavy atom. The average Bonchev–Trinajstić information content (AvgIpc) is 3.59. The molecule has 0 saturated heterocycles. The quantitative estimate of drug-likeness (QED) is 0.138. The minimum atomic E-state index is 0.925. The molecule has 0 amide bonds. The zero-order valence-electron chi connectivity index (χ0n) is 27.7. The Hall–Kier alpha value is -6.70. The second kappa shape index (κ2) is 10.9.